The average Bonchev–Trinajstić information content (AvgIpc) is 2.64. The first-order valence-electron chi connectivity index (χ1n) is 7.20. The summed E-state index contributed by atoms with van der Waals surface area (Å²) in [6.07, 6.45) is 2.22. The van der Waals surface area contributed by atoms with Gasteiger partial charge in [-0.15, -0.1) is 0 Å². The van der Waals surface area contributed by atoms with Gasteiger partial charge in [0.1, 0.15) is 5.60 Å². The second kappa shape index (κ2) is 4.76. The highest BCUT2D eigenvalue weighted by molar-refractivity contribution is 5.82. The zero-order valence-electron chi connectivity index (χ0n) is 13.6. The molecule has 1 aliphatic carbocycles. The molecule has 0 radical (unpaired) electrons. The van der Waals surface area contributed by atoms with Crippen molar-refractivity contribution in [3.05, 3.63) is 0 Å². The normalized spacial score (nSPS) is 26.1. The summed E-state index contributed by atoms with van der Waals surface area (Å²) in [5, 5.41) is 9.03. The van der Waals surface area contributed by atoms with Crippen LogP contribution in [-0.2, 0) is 9.53 Å². The lowest BCUT2D eigenvalue weighted by atomic mass is 9.79. The van der Waals surface area contributed by atoms with Crippen LogP contribution in [-0.4, -0.2) is 23.3 Å². The van der Waals surface area contributed by atoms with Crippen LogP contribution in [0.15, 0.2) is 0 Å². The van der Waals surface area contributed by atoms with Gasteiger partial charge in [-0.25, -0.2) is 0 Å². The lowest BCUT2D eigenvalue weighted by Crippen LogP contribution is -2.36. The van der Waals surface area contributed by atoms with Crippen LogP contribution in [0.5, 0.6) is 0 Å². The quantitative estimate of drug-likeness (QED) is 0.777. The summed E-state index contributed by atoms with van der Waals surface area (Å²) in [4.78, 5) is 12.6. The lowest BCUT2D eigenvalue weighted by Gasteiger charge is -2.32. The van der Waals surface area contributed by atoms with Crippen molar-refractivity contribution in [1.29, 1.82) is 0 Å². The molecule has 19 heavy (non-hydrogen) atoms. The Balaban J connectivity index is 2.83. The minimum absolute atomic E-state index is 0.0205. The molecule has 1 rings (SSSR count). The van der Waals surface area contributed by atoms with Crippen LogP contribution in [0.4, 0.5) is 0 Å². The Kier molecular flexibility index (Phi) is 4.13. The first-order chi connectivity index (χ1) is 8.35. The summed E-state index contributed by atoms with van der Waals surface area (Å²) < 4.78 is 5.69. The standard InChI is InChI=1S/C16H30O3/c1-13(2,3)10-16(11-14(16,4)5)12(18)19-15(6,7)8-9-17/h17H,8-11H2,1-7H3. The topological polar surface area (TPSA) is 46.5 Å². The lowest BCUT2D eigenvalue weighted by molar-refractivity contribution is -0.167. The van der Waals surface area contributed by atoms with Crippen LogP contribution in [0.3, 0.4) is 0 Å². The van der Waals surface area contributed by atoms with E-state index in [2.05, 4.69) is 34.6 Å². The molecule has 0 aromatic rings. The number of hydrogen-bond acceptors (Lipinski definition) is 3. The second-order valence-corrected chi connectivity index (χ2v) is 8.50. The van der Waals surface area contributed by atoms with Gasteiger partial charge < -0.3 is 9.84 Å². The zero-order valence-corrected chi connectivity index (χ0v) is 13.6. The highest BCUT2D eigenvalue weighted by Gasteiger charge is 2.68. The fourth-order valence-electron chi connectivity index (χ4n) is 3.01. The minimum atomic E-state index is -0.588. The molecule has 0 aromatic heterocycles. The second-order valence-electron chi connectivity index (χ2n) is 8.50. The maximum Gasteiger partial charge on any atom is 0.313 e. The van der Waals surface area contributed by atoms with E-state index in [0.29, 0.717) is 6.42 Å². The molecular formula is C16H30O3. The molecule has 1 unspecified atom stereocenters. The summed E-state index contributed by atoms with van der Waals surface area (Å²) in [6.45, 7) is 14.5. The Morgan fingerprint density at radius 1 is 1.21 bits per heavy atom. The molecule has 3 nitrogen and oxygen atoms in total. The van der Waals surface area contributed by atoms with E-state index in [4.69, 9.17) is 9.84 Å². The Bertz CT molecular complexity index is 349. The summed E-state index contributed by atoms with van der Waals surface area (Å²) >= 11 is 0. The summed E-state index contributed by atoms with van der Waals surface area (Å²) in [6, 6.07) is 0. The van der Waals surface area contributed by atoms with Crippen molar-refractivity contribution >= 4 is 5.97 Å². The van der Waals surface area contributed by atoms with Crippen molar-refractivity contribution in [1.82, 2.24) is 0 Å². The highest BCUT2D eigenvalue weighted by atomic mass is 16.6. The number of carbonyl (C=O) groups excluding carboxylic acids is 1. The maximum absolute atomic E-state index is 12.6. The number of ether oxygens (including phenoxy) is 1. The monoisotopic (exact) mass is 270 g/mol. The van der Waals surface area contributed by atoms with Gasteiger partial charge in [0.15, 0.2) is 0 Å². The molecule has 0 amide bonds. The third kappa shape index (κ3) is 3.71. The number of carbonyl (C=O) groups is 1. The molecule has 0 bridgehead atoms. The van der Waals surface area contributed by atoms with E-state index in [1.165, 1.54) is 0 Å². The summed E-state index contributed by atoms with van der Waals surface area (Å²) in [5.74, 6) is -0.0918. The van der Waals surface area contributed by atoms with Gasteiger partial charge in [0.05, 0.1) is 5.41 Å². The van der Waals surface area contributed by atoms with Crippen molar-refractivity contribution in [3.63, 3.8) is 0 Å². The van der Waals surface area contributed by atoms with Crippen LogP contribution in [0.2, 0.25) is 0 Å². The molecule has 0 heterocycles. The number of aliphatic hydroxyl groups excluding tert-OH is 1. The van der Waals surface area contributed by atoms with Gasteiger partial charge in [0.2, 0.25) is 0 Å². The average molecular weight is 270 g/mol. The van der Waals surface area contributed by atoms with Crippen molar-refractivity contribution in [2.45, 2.75) is 73.3 Å². The van der Waals surface area contributed by atoms with E-state index in [9.17, 15) is 4.79 Å². The molecule has 0 aromatic carbocycles. The molecule has 0 spiro atoms. The molecule has 1 fully saturated rings. The van der Waals surface area contributed by atoms with Gasteiger partial charge in [-0.2, -0.15) is 0 Å². The molecule has 0 aliphatic heterocycles. The fourth-order valence-corrected chi connectivity index (χ4v) is 3.01. The van der Waals surface area contributed by atoms with Gasteiger partial charge in [0.25, 0.3) is 0 Å². The Labute approximate surface area is 117 Å². The van der Waals surface area contributed by atoms with Crippen LogP contribution in [0, 0.1) is 16.2 Å². The third-order valence-electron chi connectivity index (χ3n) is 4.22. The molecule has 0 saturated heterocycles. The van der Waals surface area contributed by atoms with Gasteiger partial charge in [-0.1, -0.05) is 34.6 Å². The first kappa shape index (κ1) is 16.5. The molecular weight excluding hydrogens is 240 g/mol. The molecule has 1 saturated carbocycles. The Morgan fingerprint density at radius 3 is 2.00 bits per heavy atom. The zero-order chi connectivity index (χ0) is 15.1. The van der Waals surface area contributed by atoms with Crippen molar-refractivity contribution in [2.75, 3.05) is 6.61 Å². The molecule has 1 aliphatic rings. The number of rotatable bonds is 5. The van der Waals surface area contributed by atoms with Gasteiger partial charge in [0, 0.05) is 13.0 Å². The highest BCUT2D eigenvalue weighted by Crippen LogP contribution is 2.68. The molecule has 3 heteroatoms. The third-order valence-corrected chi connectivity index (χ3v) is 4.22. The SMILES string of the molecule is CC(C)(C)CC1(C(=O)OC(C)(C)CCO)CC1(C)C. The maximum atomic E-state index is 12.6. The number of aliphatic hydroxyl groups is 1. The number of esters is 1. The molecule has 1 atom stereocenters. The van der Waals surface area contributed by atoms with E-state index in [1.807, 2.05) is 13.8 Å². The van der Waals surface area contributed by atoms with Crippen LogP contribution < -0.4 is 0 Å². The Hall–Kier alpha value is -0.570. The minimum Gasteiger partial charge on any atom is -0.459 e. The van der Waals surface area contributed by atoms with Crippen LogP contribution in [0.25, 0.3) is 0 Å². The molecule has 1 N–H and O–H groups in total. The van der Waals surface area contributed by atoms with Crippen molar-refractivity contribution in [2.24, 2.45) is 16.2 Å². The number of hydrogen-bond donors (Lipinski definition) is 1. The van der Waals surface area contributed by atoms with Crippen molar-refractivity contribution in [3.8, 4) is 0 Å². The van der Waals surface area contributed by atoms with E-state index in [-0.39, 0.29) is 28.8 Å². The largest absolute Gasteiger partial charge is 0.459 e. The predicted molar refractivity (Wildman–Crippen MR) is 76.8 cm³/mol. The predicted octanol–water partition coefficient (Wildman–Crippen LogP) is 3.54. The molecule has 112 valence electrons. The van der Waals surface area contributed by atoms with E-state index in [0.717, 1.165) is 12.8 Å². The van der Waals surface area contributed by atoms with Gasteiger partial charge >= 0.3 is 5.97 Å². The smallest absolute Gasteiger partial charge is 0.313 e. The van der Waals surface area contributed by atoms with Crippen LogP contribution >= 0.6 is 0 Å². The van der Waals surface area contributed by atoms with Gasteiger partial charge in [-0.3, -0.25) is 4.79 Å². The van der Waals surface area contributed by atoms with E-state index >= 15 is 0 Å². The van der Waals surface area contributed by atoms with E-state index in [1.54, 1.807) is 0 Å². The Morgan fingerprint density at radius 2 is 1.68 bits per heavy atom. The first-order valence-corrected chi connectivity index (χ1v) is 7.20. The fraction of sp³-hybridized carbons (Fsp3) is 0.938. The van der Waals surface area contributed by atoms with Crippen molar-refractivity contribution < 1.29 is 14.6 Å². The summed E-state index contributed by atoms with van der Waals surface area (Å²) in [7, 11) is 0. The van der Waals surface area contributed by atoms with Gasteiger partial charge in [-0.05, 0) is 37.5 Å². The van der Waals surface area contributed by atoms with Crippen LogP contribution in [0.1, 0.15) is 67.7 Å². The van der Waals surface area contributed by atoms with E-state index < -0.39 is 5.60 Å². The summed E-state index contributed by atoms with van der Waals surface area (Å²) in [5.41, 5.74) is -0.812.